The maximum Gasteiger partial charge on any atom is 0.227 e. The highest BCUT2D eigenvalue weighted by molar-refractivity contribution is 5.81. The lowest BCUT2D eigenvalue weighted by Gasteiger charge is -2.36. The summed E-state index contributed by atoms with van der Waals surface area (Å²) in [6.45, 7) is 8.16. The average Bonchev–Trinajstić information content (AvgIpc) is 2.47. The van der Waals surface area contributed by atoms with E-state index in [2.05, 4.69) is 13.8 Å². The molecule has 5 nitrogen and oxygen atoms in total. The molecule has 0 spiro atoms. The normalized spacial score (nSPS) is 24.1. The molecule has 0 radical (unpaired) electrons. The predicted octanol–water partition coefficient (Wildman–Crippen LogP) is 1.13. The van der Waals surface area contributed by atoms with E-state index in [1.54, 1.807) is 0 Å². The summed E-state index contributed by atoms with van der Waals surface area (Å²) in [5.74, 6) is 0.755. The highest BCUT2D eigenvalue weighted by Gasteiger charge is 2.31. The van der Waals surface area contributed by atoms with Crippen LogP contribution >= 0.6 is 0 Å². The quantitative estimate of drug-likeness (QED) is 0.779. The Hall–Kier alpha value is -1.10. The maximum absolute atomic E-state index is 12.5. The van der Waals surface area contributed by atoms with Gasteiger partial charge in [-0.15, -0.1) is 0 Å². The molecule has 0 unspecified atom stereocenters. The Morgan fingerprint density at radius 3 is 2.50 bits per heavy atom. The number of nitrogens with zero attached hydrogens (tertiary/aromatic N) is 2. The smallest absolute Gasteiger partial charge is 0.227 e. The number of rotatable bonds is 3. The number of likely N-dealkylation sites (tertiary alicyclic amines) is 1. The minimum absolute atomic E-state index is 0.0158. The van der Waals surface area contributed by atoms with Gasteiger partial charge in [-0.2, -0.15) is 0 Å². The lowest BCUT2D eigenvalue weighted by molar-refractivity contribution is -0.144. The second kappa shape index (κ2) is 7.07. The van der Waals surface area contributed by atoms with Gasteiger partial charge in [-0.3, -0.25) is 9.59 Å². The van der Waals surface area contributed by atoms with E-state index in [-0.39, 0.29) is 17.7 Å². The predicted molar refractivity (Wildman–Crippen MR) is 76.2 cm³/mol. The van der Waals surface area contributed by atoms with Gasteiger partial charge in [-0.1, -0.05) is 13.8 Å². The molecule has 2 aliphatic rings. The van der Waals surface area contributed by atoms with Gasteiger partial charge in [0, 0.05) is 32.6 Å². The monoisotopic (exact) mass is 282 g/mol. The zero-order valence-electron chi connectivity index (χ0n) is 12.6. The summed E-state index contributed by atoms with van der Waals surface area (Å²) >= 11 is 0. The van der Waals surface area contributed by atoms with Crippen LogP contribution in [0.1, 0.15) is 33.1 Å². The Kier molecular flexibility index (Phi) is 5.40. The number of hydrogen-bond donors (Lipinski definition) is 0. The lowest BCUT2D eigenvalue weighted by atomic mass is 9.95. The molecule has 0 saturated carbocycles. The Morgan fingerprint density at radius 2 is 1.85 bits per heavy atom. The number of morpholine rings is 1. The van der Waals surface area contributed by atoms with Gasteiger partial charge in [0.1, 0.15) is 0 Å². The van der Waals surface area contributed by atoms with Gasteiger partial charge < -0.3 is 14.5 Å². The van der Waals surface area contributed by atoms with Gasteiger partial charge in [0.25, 0.3) is 0 Å². The molecule has 5 heteroatoms. The Labute approximate surface area is 121 Å². The van der Waals surface area contributed by atoms with Gasteiger partial charge in [0.15, 0.2) is 0 Å². The first kappa shape index (κ1) is 15.3. The zero-order chi connectivity index (χ0) is 14.5. The summed E-state index contributed by atoms with van der Waals surface area (Å²) in [6.07, 6.45) is 2.42. The molecule has 0 aromatic heterocycles. The maximum atomic E-state index is 12.5. The first-order valence-corrected chi connectivity index (χ1v) is 7.72. The highest BCUT2D eigenvalue weighted by atomic mass is 16.5. The van der Waals surface area contributed by atoms with Crippen LogP contribution in [0.2, 0.25) is 0 Å². The van der Waals surface area contributed by atoms with Crippen molar-refractivity contribution in [2.45, 2.75) is 33.1 Å². The third kappa shape index (κ3) is 3.95. The van der Waals surface area contributed by atoms with Gasteiger partial charge in [0.2, 0.25) is 11.8 Å². The third-order valence-electron chi connectivity index (χ3n) is 4.03. The summed E-state index contributed by atoms with van der Waals surface area (Å²) < 4.78 is 5.28. The largest absolute Gasteiger partial charge is 0.378 e. The van der Waals surface area contributed by atoms with Crippen LogP contribution < -0.4 is 0 Å². The van der Waals surface area contributed by atoms with E-state index in [1.165, 1.54) is 0 Å². The molecule has 1 atom stereocenters. The molecule has 0 aromatic carbocycles. The fraction of sp³-hybridized carbons (Fsp3) is 0.867. The number of carbonyl (C=O) groups is 2. The first-order chi connectivity index (χ1) is 9.58. The molecular weight excluding hydrogens is 256 g/mol. The Bertz CT molecular complexity index is 351. The average molecular weight is 282 g/mol. The minimum Gasteiger partial charge on any atom is -0.378 e. The molecule has 0 aromatic rings. The number of hydrogen-bond acceptors (Lipinski definition) is 3. The van der Waals surface area contributed by atoms with Crippen molar-refractivity contribution in [2.24, 2.45) is 11.8 Å². The van der Waals surface area contributed by atoms with Crippen molar-refractivity contribution in [3.63, 3.8) is 0 Å². The molecular formula is C15H26N2O3. The summed E-state index contributed by atoms with van der Waals surface area (Å²) in [5, 5.41) is 0. The molecule has 0 aliphatic carbocycles. The summed E-state index contributed by atoms with van der Waals surface area (Å²) in [4.78, 5) is 28.4. The topological polar surface area (TPSA) is 49.9 Å². The van der Waals surface area contributed by atoms with Crippen molar-refractivity contribution >= 4 is 11.8 Å². The van der Waals surface area contributed by atoms with Crippen LogP contribution in [-0.4, -0.2) is 61.0 Å². The number of piperidine rings is 1. The molecule has 2 rings (SSSR count). The number of carbonyl (C=O) groups excluding carboxylic acids is 2. The van der Waals surface area contributed by atoms with Crippen LogP contribution in [0.25, 0.3) is 0 Å². The second-order valence-corrected chi connectivity index (χ2v) is 6.21. The number of amides is 2. The molecule has 0 N–H and O–H groups in total. The molecule has 20 heavy (non-hydrogen) atoms. The van der Waals surface area contributed by atoms with E-state index in [9.17, 15) is 9.59 Å². The zero-order valence-corrected chi connectivity index (χ0v) is 12.6. The van der Waals surface area contributed by atoms with Crippen LogP contribution in [0.5, 0.6) is 0 Å². The van der Waals surface area contributed by atoms with Gasteiger partial charge in [-0.05, 0) is 18.8 Å². The van der Waals surface area contributed by atoms with Gasteiger partial charge in [-0.25, -0.2) is 0 Å². The molecule has 2 fully saturated rings. The summed E-state index contributed by atoms with van der Waals surface area (Å²) in [5.41, 5.74) is 0. The van der Waals surface area contributed by atoms with E-state index in [0.717, 1.165) is 19.4 Å². The highest BCUT2D eigenvalue weighted by Crippen LogP contribution is 2.21. The van der Waals surface area contributed by atoms with Crippen LogP contribution in [0.15, 0.2) is 0 Å². The van der Waals surface area contributed by atoms with E-state index in [4.69, 9.17) is 4.74 Å². The van der Waals surface area contributed by atoms with Crippen LogP contribution in [-0.2, 0) is 14.3 Å². The SMILES string of the molecule is CC(C)CC(=O)N1CCC[C@H](C(=O)N2CCOCC2)C1. The standard InChI is InChI=1S/C15H26N2O3/c1-12(2)10-14(18)17-5-3-4-13(11-17)15(19)16-6-8-20-9-7-16/h12-13H,3-11H2,1-2H3/t13-/m0/s1. The van der Waals surface area contributed by atoms with Crippen molar-refractivity contribution in [1.82, 2.24) is 9.80 Å². The van der Waals surface area contributed by atoms with Crippen LogP contribution in [0.4, 0.5) is 0 Å². The van der Waals surface area contributed by atoms with Crippen molar-refractivity contribution in [3.05, 3.63) is 0 Å². The molecule has 2 heterocycles. The van der Waals surface area contributed by atoms with Crippen molar-refractivity contribution in [3.8, 4) is 0 Å². The summed E-state index contributed by atoms with van der Waals surface area (Å²) in [6, 6.07) is 0. The van der Waals surface area contributed by atoms with Crippen LogP contribution in [0, 0.1) is 11.8 Å². The molecule has 2 aliphatic heterocycles. The number of ether oxygens (including phenoxy) is 1. The summed E-state index contributed by atoms with van der Waals surface area (Å²) in [7, 11) is 0. The van der Waals surface area contributed by atoms with E-state index < -0.39 is 0 Å². The van der Waals surface area contributed by atoms with Crippen molar-refractivity contribution in [1.29, 1.82) is 0 Å². The van der Waals surface area contributed by atoms with E-state index >= 15 is 0 Å². The van der Waals surface area contributed by atoms with Crippen molar-refractivity contribution < 1.29 is 14.3 Å². The molecule has 2 amide bonds. The molecule has 0 bridgehead atoms. The minimum atomic E-state index is -0.0158. The fourth-order valence-corrected chi connectivity index (χ4v) is 2.93. The lowest BCUT2D eigenvalue weighted by Crippen LogP contribution is -2.49. The third-order valence-corrected chi connectivity index (χ3v) is 4.03. The fourth-order valence-electron chi connectivity index (χ4n) is 2.93. The second-order valence-electron chi connectivity index (χ2n) is 6.21. The van der Waals surface area contributed by atoms with E-state index in [1.807, 2.05) is 9.80 Å². The van der Waals surface area contributed by atoms with E-state index in [0.29, 0.717) is 45.2 Å². The van der Waals surface area contributed by atoms with Gasteiger partial charge >= 0.3 is 0 Å². The van der Waals surface area contributed by atoms with Crippen molar-refractivity contribution in [2.75, 3.05) is 39.4 Å². The Morgan fingerprint density at radius 1 is 1.15 bits per heavy atom. The first-order valence-electron chi connectivity index (χ1n) is 7.72. The van der Waals surface area contributed by atoms with Gasteiger partial charge in [0.05, 0.1) is 19.1 Å². The van der Waals surface area contributed by atoms with Crippen LogP contribution in [0.3, 0.4) is 0 Å². The Balaban J connectivity index is 1.89. The molecule has 114 valence electrons. The molecule has 2 saturated heterocycles.